The van der Waals surface area contributed by atoms with Crippen LogP contribution in [0.3, 0.4) is 0 Å². The maximum Gasteiger partial charge on any atom is 0.0722 e. The van der Waals surface area contributed by atoms with Crippen molar-refractivity contribution in [1.29, 1.82) is 0 Å². The first kappa shape index (κ1) is 9.16. The molecule has 1 nitrogen and oxygen atoms in total. The lowest BCUT2D eigenvalue weighted by atomic mass is 10.2. The minimum absolute atomic E-state index is 0.884. The van der Waals surface area contributed by atoms with Gasteiger partial charge in [0.25, 0.3) is 0 Å². The maximum absolute atomic E-state index is 4.27. The number of nitrogens with zero attached hydrogens (tertiary/aromatic N) is 1. The normalized spacial score (nSPS) is 9.82. The van der Waals surface area contributed by atoms with E-state index in [9.17, 15) is 0 Å². The second kappa shape index (κ2) is 3.65. The van der Waals surface area contributed by atoms with E-state index in [2.05, 4.69) is 38.3 Å². The van der Waals surface area contributed by atoms with E-state index >= 15 is 0 Å². The van der Waals surface area contributed by atoms with E-state index in [-0.39, 0.29) is 0 Å². The van der Waals surface area contributed by atoms with Crippen LogP contribution in [-0.4, -0.2) is 0 Å². The number of hydrogen-bond donors (Lipinski definition) is 3. The zero-order valence-corrected chi connectivity index (χ0v) is 8.70. The van der Waals surface area contributed by atoms with E-state index in [0.29, 0.717) is 0 Å². The summed E-state index contributed by atoms with van der Waals surface area (Å²) in [5.41, 5.74) is 2.08. The Labute approximate surface area is 83.3 Å². The van der Waals surface area contributed by atoms with Gasteiger partial charge in [-0.05, 0) is 24.6 Å². The first-order chi connectivity index (χ1) is 5.11. The molecular formula is C7H9NS3. The third-order valence-electron chi connectivity index (χ3n) is 1.35. The standard InChI is InChI=1S/C7H9NS3/c1-5-2-3-6(8(10)11)7(9)4-5/h2-4,9-11H,1H3. The van der Waals surface area contributed by atoms with Gasteiger partial charge in [0, 0.05) is 4.90 Å². The van der Waals surface area contributed by atoms with E-state index in [1.807, 2.05) is 25.1 Å². The van der Waals surface area contributed by atoms with Crippen LogP contribution in [0.25, 0.3) is 0 Å². The topological polar surface area (TPSA) is 3.24 Å². The molecule has 4 heteroatoms. The van der Waals surface area contributed by atoms with Gasteiger partial charge in [0.05, 0.1) is 5.69 Å². The Kier molecular flexibility index (Phi) is 3.04. The summed E-state index contributed by atoms with van der Waals surface area (Å²) in [7, 11) is 0. The smallest absolute Gasteiger partial charge is 0.0722 e. The van der Waals surface area contributed by atoms with Crippen LogP contribution in [0.15, 0.2) is 23.1 Å². The van der Waals surface area contributed by atoms with Crippen LogP contribution in [-0.2, 0) is 0 Å². The molecule has 0 saturated carbocycles. The highest BCUT2D eigenvalue weighted by Gasteiger charge is 2.00. The summed E-state index contributed by atoms with van der Waals surface area (Å²) in [6.45, 7) is 2.02. The van der Waals surface area contributed by atoms with Crippen molar-refractivity contribution in [2.75, 3.05) is 3.71 Å². The zero-order chi connectivity index (χ0) is 8.43. The molecule has 1 rings (SSSR count). The Morgan fingerprint density at radius 1 is 1.27 bits per heavy atom. The predicted octanol–water partition coefficient (Wildman–Crippen LogP) is 2.78. The molecule has 1 aromatic carbocycles. The zero-order valence-electron chi connectivity index (χ0n) is 6.02. The molecule has 0 N–H and O–H groups in total. The Morgan fingerprint density at radius 3 is 2.36 bits per heavy atom. The molecule has 0 aromatic heterocycles. The molecule has 0 spiro atoms. The summed E-state index contributed by atoms with van der Waals surface area (Å²) < 4.78 is 1.45. The van der Waals surface area contributed by atoms with E-state index in [1.165, 1.54) is 9.27 Å². The number of aryl methyl sites for hydroxylation is 1. The average Bonchev–Trinajstić information content (AvgIpc) is 1.85. The van der Waals surface area contributed by atoms with Crippen LogP contribution in [0.1, 0.15) is 5.56 Å². The highest BCUT2D eigenvalue weighted by molar-refractivity contribution is 8.00. The molecule has 0 aliphatic carbocycles. The predicted molar refractivity (Wildman–Crippen MR) is 58.9 cm³/mol. The van der Waals surface area contributed by atoms with Gasteiger partial charge in [-0.15, -0.1) is 12.6 Å². The molecule has 0 fully saturated rings. The summed E-state index contributed by atoms with van der Waals surface area (Å²) >= 11 is 12.3. The number of thiol groups is 3. The fraction of sp³-hybridized carbons (Fsp3) is 0.143. The lowest BCUT2D eigenvalue weighted by molar-refractivity contribution is 1.35. The molecule has 0 aliphatic heterocycles. The van der Waals surface area contributed by atoms with Crippen molar-refractivity contribution in [2.45, 2.75) is 11.8 Å². The molecule has 11 heavy (non-hydrogen) atoms. The molecule has 1 aromatic rings. The molecule has 0 bridgehead atoms. The average molecular weight is 203 g/mol. The van der Waals surface area contributed by atoms with Crippen molar-refractivity contribution in [2.24, 2.45) is 0 Å². The molecule has 0 atom stereocenters. The Balaban J connectivity index is 3.09. The summed E-state index contributed by atoms with van der Waals surface area (Å²) in [5.74, 6) is 0. The summed E-state index contributed by atoms with van der Waals surface area (Å²) in [6, 6.07) is 5.89. The molecule has 0 aliphatic rings. The summed E-state index contributed by atoms with van der Waals surface area (Å²) in [5, 5.41) is 0. The van der Waals surface area contributed by atoms with E-state index in [0.717, 1.165) is 10.6 Å². The molecule has 0 saturated heterocycles. The maximum atomic E-state index is 4.27. The van der Waals surface area contributed by atoms with Gasteiger partial charge in [0.1, 0.15) is 0 Å². The third-order valence-corrected chi connectivity index (χ3v) is 2.14. The first-order valence-corrected chi connectivity index (χ1v) is 4.33. The quantitative estimate of drug-likeness (QED) is 0.592. The van der Waals surface area contributed by atoms with Crippen molar-refractivity contribution < 1.29 is 0 Å². The largest absolute Gasteiger partial charge is 0.263 e. The lowest BCUT2D eigenvalue weighted by Gasteiger charge is -2.11. The van der Waals surface area contributed by atoms with E-state index in [1.54, 1.807) is 0 Å². The Morgan fingerprint density at radius 2 is 1.91 bits per heavy atom. The van der Waals surface area contributed by atoms with Gasteiger partial charge < -0.3 is 0 Å². The minimum atomic E-state index is 0.884. The van der Waals surface area contributed by atoms with E-state index in [4.69, 9.17) is 0 Å². The van der Waals surface area contributed by atoms with Crippen molar-refractivity contribution in [3.63, 3.8) is 0 Å². The van der Waals surface area contributed by atoms with Crippen molar-refractivity contribution in [1.82, 2.24) is 0 Å². The molecule has 0 radical (unpaired) electrons. The minimum Gasteiger partial charge on any atom is -0.263 e. The summed E-state index contributed by atoms with van der Waals surface area (Å²) in [6.07, 6.45) is 0. The van der Waals surface area contributed by atoms with Gasteiger partial charge in [0.2, 0.25) is 0 Å². The SMILES string of the molecule is Cc1ccc(N(S)S)c(S)c1. The third kappa shape index (κ3) is 2.25. The monoisotopic (exact) mass is 203 g/mol. The highest BCUT2D eigenvalue weighted by Crippen LogP contribution is 2.27. The van der Waals surface area contributed by atoms with Crippen LogP contribution >= 0.6 is 38.3 Å². The second-order valence-corrected chi connectivity index (χ2v) is 3.88. The Bertz CT molecular complexity index is 260. The van der Waals surface area contributed by atoms with Crippen molar-refractivity contribution >= 4 is 43.9 Å². The molecule has 0 heterocycles. The van der Waals surface area contributed by atoms with Crippen LogP contribution in [0, 0.1) is 6.92 Å². The van der Waals surface area contributed by atoms with Gasteiger partial charge in [-0.3, -0.25) is 3.71 Å². The fourth-order valence-electron chi connectivity index (χ4n) is 0.803. The molecule has 0 unspecified atom stereocenters. The lowest BCUT2D eigenvalue weighted by Crippen LogP contribution is -1.93. The number of anilines is 1. The van der Waals surface area contributed by atoms with Gasteiger partial charge in [-0.2, -0.15) is 0 Å². The fourth-order valence-corrected chi connectivity index (χ4v) is 1.69. The molecule has 60 valence electrons. The number of rotatable bonds is 1. The van der Waals surface area contributed by atoms with Gasteiger partial charge >= 0.3 is 0 Å². The van der Waals surface area contributed by atoms with Crippen LogP contribution in [0.5, 0.6) is 0 Å². The Hall–Kier alpha value is 0.0700. The van der Waals surface area contributed by atoms with Gasteiger partial charge in [0.15, 0.2) is 0 Å². The number of hydrogen-bond acceptors (Lipinski definition) is 4. The van der Waals surface area contributed by atoms with Gasteiger partial charge in [-0.1, -0.05) is 31.7 Å². The number of benzene rings is 1. The van der Waals surface area contributed by atoms with Crippen LogP contribution < -0.4 is 3.71 Å². The van der Waals surface area contributed by atoms with Crippen LogP contribution in [0.4, 0.5) is 5.69 Å². The molecule has 0 amide bonds. The summed E-state index contributed by atoms with van der Waals surface area (Å²) in [4.78, 5) is 0.884. The second-order valence-electron chi connectivity index (χ2n) is 2.28. The van der Waals surface area contributed by atoms with E-state index < -0.39 is 0 Å². The first-order valence-electron chi connectivity index (χ1n) is 3.09. The highest BCUT2D eigenvalue weighted by atomic mass is 32.2. The van der Waals surface area contributed by atoms with Crippen molar-refractivity contribution in [3.8, 4) is 0 Å². The molecular weight excluding hydrogens is 194 g/mol. The van der Waals surface area contributed by atoms with Gasteiger partial charge in [-0.25, -0.2) is 0 Å². The van der Waals surface area contributed by atoms with Crippen LogP contribution in [0.2, 0.25) is 0 Å². The van der Waals surface area contributed by atoms with Crippen molar-refractivity contribution in [3.05, 3.63) is 23.8 Å².